The molecule has 50 heteroatoms. The van der Waals surface area contributed by atoms with Gasteiger partial charge in [-0.05, 0) is 0 Å². The van der Waals surface area contributed by atoms with Gasteiger partial charge in [-0.2, -0.15) is 0 Å². The second-order valence-electron chi connectivity index (χ2n) is 28.2. The van der Waals surface area contributed by atoms with E-state index in [9.17, 15) is 153 Å². The topological polar surface area (TPSA) is 792 Å². The van der Waals surface area contributed by atoms with E-state index in [1.165, 1.54) is 0 Å². The van der Waals surface area contributed by atoms with Gasteiger partial charge < -0.3 is 248 Å². The standard InChI is InChI=1S/C60H100O50/c61-1-11-21(68)24(71)34(81)51(94-11)91-8-18-48-32(79)42(89)59(102-18)110-50-20(10-93-53-36(83)26(73)23(70)13(3-63)96-53)103-60(43(90)33(50)80)109-49-19(9-92-52-35(82)25(72)22(69)12(2-62)95-52)101-58(41(88)31(49)78)107-47-17(7-67)99-56(39(86)29(47)76)105-45-15(5-65)97-54(37(84)27(45)74)104-44-14(4-64)98-55(38(85)28(44)75)106-46-16(6-66)100-57(108-48)40(87)30(46)77/h11-90H,1-10H2/t11-,12-,13-,14-,15-,16-,17-,18-,19-,20-,21-,22-,23-,24+,25+,26+,27-,28-,29-,30-,31-,32-,33-,34-,35-,36-,37-,38-,39-,40-,41-,42-,43-,44-,45-,46-,47-,48-,49-,50-,51?,52?,53?,54-,55-,56-,57-,58-,59-,60-/m1/s1. The fourth-order valence-corrected chi connectivity index (χ4v) is 14.6. The van der Waals surface area contributed by atoms with Crippen molar-refractivity contribution in [2.75, 3.05) is 66.1 Å². The lowest BCUT2D eigenvalue weighted by Gasteiger charge is -2.50. The van der Waals surface area contributed by atoms with E-state index in [4.69, 9.17) is 94.7 Å². The zero-order valence-electron chi connectivity index (χ0n) is 57.5. The molecule has 24 heterocycles. The molecule has 24 fully saturated rings. The summed E-state index contributed by atoms with van der Waals surface area (Å²) < 4.78 is 116. The molecular formula is C60H100O50. The predicted molar refractivity (Wildman–Crippen MR) is 326 cm³/mol. The van der Waals surface area contributed by atoms with Gasteiger partial charge >= 0.3 is 0 Å². The maximum atomic E-state index is 12.3. The van der Waals surface area contributed by atoms with Gasteiger partial charge in [0.25, 0.3) is 0 Å². The van der Waals surface area contributed by atoms with Gasteiger partial charge in [0.2, 0.25) is 0 Å². The van der Waals surface area contributed by atoms with Crippen molar-refractivity contribution in [1.82, 2.24) is 0 Å². The third kappa shape index (κ3) is 18.0. The highest BCUT2D eigenvalue weighted by atomic mass is 16.8. The van der Waals surface area contributed by atoms with Crippen molar-refractivity contribution in [1.29, 1.82) is 0 Å². The maximum Gasteiger partial charge on any atom is 0.187 e. The normalized spacial score (nSPS) is 55.0. The van der Waals surface area contributed by atoms with Crippen LogP contribution in [0.5, 0.6) is 0 Å². The van der Waals surface area contributed by atoms with E-state index < -0.39 is 373 Å². The summed E-state index contributed by atoms with van der Waals surface area (Å²) in [5.41, 5.74) is 0. The molecule has 3 unspecified atom stereocenters. The summed E-state index contributed by atoms with van der Waals surface area (Å²) in [6.07, 6.45) is -109. The van der Waals surface area contributed by atoms with Crippen LogP contribution in [0.1, 0.15) is 0 Å². The molecule has 0 aliphatic carbocycles. The summed E-state index contributed by atoms with van der Waals surface area (Å²) >= 11 is 0. The molecule has 0 aromatic rings. The van der Waals surface area contributed by atoms with Gasteiger partial charge in [-0.25, -0.2) is 0 Å². The Bertz CT molecular complexity index is 2750. The zero-order valence-corrected chi connectivity index (χ0v) is 57.5. The molecule has 24 aliphatic heterocycles. The molecule has 24 saturated heterocycles. The van der Waals surface area contributed by atoms with Gasteiger partial charge in [0.15, 0.2) is 62.9 Å². The molecule has 110 heavy (non-hydrogen) atoms. The lowest BCUT2D eigenvalue weighted by atomic mass is 9.95. The Balaban J connectivity index is 0.955. The van der Waals surface area contributed by atoms with E-state index in [0.717, 1.165) is 0 Å². The minimum Gasteiger partial charge on any atom is -0.394 e. The Hall–Kier alpha value is -2.00. The first-order valence-electron chi connectivity index (χ1n) is 35.2. The van der Waals surface area contributed by atoms with Crippen molar-refractivity contribution >= 4 is 0 Å². The summed E-state index contributed by atoms with van der Waals surface area (Å²) in [7, 11) is 0. The Morgan fingerprint density at radius 3 is 0.464 bits per heavy atom. The van der Waals surface area contributed by atoms with Crippen LogP contribution in [0.25, 0.3) is 0 Å². The largest absolute Gasteiger partial charge is 0.394 e. The van der Waals surface area contributed by atoms with Crippen LogP contribution in [-0.4, -0.2) is 526 Å². The van der Waals surface area contributed by atoms with E-state index in [2.05, 4.69) is 0 Å². The van der Waals surface area contributed by atoms with Gasteiger partial charge in [-0.1, -0.05) is 0 Å². The maximum absolute atomic E-state index is 12.3. The van der Waals surface area contributed by atoms with Crippen LogP contribution in [0, 0.1) is 0 Å². The minimum absolute atomic E-state index is 0.994. The van der Waals surface area contributed by atoms with Crippen molar-refractivity contribution in [3.8, 4) is 0 Å². The molecule has 0 amide bonds. The van der Waals surface area contributed by atoms with Crippen molar-refractivity contribution in [2.24, 2.45) is 0 Å². The number of hydrogen-bond donors (Lipinski definition) is 30. The molecule has 0 radical (unpaired) electrons. The average molecular weight is 1620 g/mol. The van der Waals surface area contributed by atoms with Crippen molar-refractivity contribution < 1.29 is 248 Å². The van der Waals surface area contributed by atoms with Gasteiger partial charge in [0.05, 0.1) is 66.1 Å². The fourth-order valence-electron chi connectivity index (χ4n) is 14.6. The SMILES string of the molecule is OC[C@H]1OC(OC[C@H]2O[C@@H]3O[C@H]4[C@H](O)[C@@H](O)[C@@H](O[C@H]5[C@H](O)[C@@H](O)[C@@H](O[C@H]6[C@H](O)[C@@H](O)[C@@H](O[C@H]7[C@H](O)[C@@H](O)[C@@H](O[C@H]8[C@H](O)[C@@H](O)[C@@H](O[C@H]9[C@H](O)[C@@H](O)[C@@H](O[C@H]2[C@H](O)[C@H]3O)O[C@@H]9CO)O[C@@H]8CO)O[C@@H]7CO)O[C@@H]6CO)O[C@@H]5COC2O[C@H](CO)[C@@H](O)[C@H](O)[C@H]2O)O[C@@H]4COC2O[C@H](CO)[C@@H](O)[C@H](O)[C@H]2O)[C@H](O)[C@@H](O)[C@@H]1O. The lowest BCUT2D eigenvalue weighted by Crippen LogP contribution is -2.68. The molecule has 30 N–H and O–H groups in total. The number of ether oxygens (including phenoxy) is 20. The number of hydrogen-bond acceptors (Lipinski definition) is 50. The van der Waals surface area contributed by atoms with E-state index in [1.54, 1.807) is 0 Å². The van der Waals surface area contributed by atoms with Gasteiger partial charge in [-0.3, -0.25) is 0 Å². The van der Waals surface area contributed by atoms with Gasteiger partial charge in [0.1, 0.15) is 244 Å². The molecule has 24 aliphatic rings. The molecule has 0 aromatic carbocycles. The Labute approximate surface area is 619 Å². The molecule has 640 valence electrons. The van der Waals surface area contributed by atoms with E-state index in [-0.39, 0.29) is 0 Å². The van der Waals surface area contributed by atoms with Crippen molar-refractivity contribution in [3.05, 3.63) is 0 Å². The second-order valence-corrected chi connectivity index (χ2v) is 28.2. The van der Waals surface area contributed by atoms with Crippen LogP contribution < -0.4 is 0 Å². The zero-order chi connectivity index (χ0) is 80.1. The Morgan fingerprint density at radius 1 is 0.145 bits per heavy atom. The highest BCUT2D eigenvalue weighted by Gasteiger charge is 2.61. The lowest BCUT2D eigenvalue weighted by molar-refractivity contribution is -0.402. The summed E-state index contributed by atoms with van der Waals surface area (Å²) in [6.45, 7) is -11.1. The smallest absolute Gasteiger partial charge is 0.187 e. The summed E-state index contributed by atoms with van der Waals surface area (Å²) in [5, 5.41) is 335. The number of aliphatic hydroxyl groups is 30. The molecule has 14 bridgehead atoms. The summed E-state index contributed by atoms with van der Waals surface area (Å²) in [4.78, 5) is 0. The minimum atomic E-state index is -2.58. The third-order valence-electron chi connectivity index (χ3n) is 21.1. The van der Waals surface area contributed by atoms with E-state index >= 15 is 0 Å². The molecule has 0 aromatic heterocycles. The Kier molecular flexibility index (Phi) is 30.6. The van der Waals surface area contributed by atoms with Crippen LogP contribution in [0.2, 0.25) is 0 Å². The van der Waals surface area contributed by atoms with Crippen LogP contribution in [0.15, 0.2) is 0 Å². The highest BCUT2D eigenvalue weighted by molar-refractivity contribution is 5.03. The second kappa shape index (κ2) is 37.9. The molecule has 24 rings (SSSR count). The van der Waals surface area contributed by atoms with Crippen LogP contribution >= 0.6 is 0 Å². The molecule has 0 saturated carbocycles. The summed E-state index contributed by atoms with van der Waals surface area (Å²) in [6, 6.07) is 0. The monoisotopic (exact) mass is 1620 g/mol. The molecular weight excluding hydrogens is 1520 g/mol. The average Bonchev–Trinajstić information content (AvgIpc) is 0.774. The van der Waals surface area contributed by atoms with Crippen molar-refractivity contribution in [2.45, 2.75) is 307 Å². The Morgan fingerprint density at radius 2 is 0.300 bits per heavy atom. The first kappa shape index (κ1) is 88.8. The van der Waals surface area contributed by atoms with Gasteiger partial charge in [0, 0.05) is 0 Å². The number of rotatable bonds is 16. The van der Waals surface area contributed by atoms with Crippen LogP contribution in [0.3, 0.4) is 0 Å². The van der Waals surface area contributed by atoms with Crippen molar-refractivity contribution in [3.63, 3.8) is 0 Å². The highest BCUT2D eigenvalue weighted by Crippen LogP contribution is 2.41. The molecule has 0 spiro atoms. The van der Waals surface area contributed by atoms with Crippen LogP contribution in [0.4, 0.5) is 0 Å². The molecule has 50 atom stereocenters. The fraction of sp³-hybridized carbons (Fsp3) is 1.00. The quantitative estimate of drug-likeness (QED) is 0.0682. The predicted octanol–water partition coefficient (Wildman–Crippen LogP) is -21.8. The third-order valence-corrected chi connectivity index (χ3v) is 21.1. The number of aliphatic hydroxyl groups excluding tert-OH is 30. The van der Waals surface area contributed by atoms with Gasteiger partial charge in [-0.15, -0.1) is 0 Å². The first-order chi connectivity index (χ1) is 52.2. The summed E-state index contributed by atoms with van der Waals surface area (Å²) in [5.74, 6) is 0. The van der Waals surface area contributed by atoms with Crippen LogP contribution in [-0.2, 0) is 94.7 Å². The van der Waals surface area contributed by atoms with E-state index in [1.807, 2.05) is 0 Å². The van der Waals surface area contributed by atoms with E-state index in [0.29, 0.717) is 0 Å². The molecule has 50 nitrogen and oxygen atoms in total. The first-order valence-corrected chi connectivity index (χ1v) is 35.2.